The number of carboxylic acid groups (broad SMARTS) is 1. The molecule has 4 aromatic rings. The molecule has 2 unspecified atom stereocenters. The number of hydrogen-bond donors (Lipinski definition) is 1. The van der Waals surface area contributed by atoms with Crippen LogP contribution in [-0.4, -0.2) is 103 Å². The zero-order chi connectivity index (χ0) is 43.4. The molecule has 0 aromatic heterocycles. The Labute approximate surface area is 361 Å². The van der Waals surface area contributed by atoms with Gasteiger partial charge in [-0.15, -0.1) is 0 Å². The molecule has 4 fully saturated rings. The Bertz CT molecular complexity index is 2240. The molecule has 1 N–H and O–H groups in total. The first-order valence-corrected chi connectivity index (χ1v) is 21.1. The van der Waals surface area contributed by atoms with Gasteiger partial charge < -0.3 is 19.3 Å². The van der Waals surface area contributed by atoms with Crippen LogP contribution in [0.15, 0.2) is 109 Å². The number of hydrogen-bond acceptors (Lipinski definition) is 11. The van der Waals surface area contributed by atoms with Crippen molar-refractivity contribution in [2.45, 2.75) is 57.0 Å². The lowest BCUT2D eigenvalue weighted by Crippen LogP contribution is -2.48. The zero-order valence-electron chi connectivity index (χ0n) is 34.5. The van der Waals surface area contributed by atoms with Crippen LogP contribution in [0.1, 0.15) is 47.9 Å². The van der Waals surface area contributed by atoms with E-state index in [0.29, 0.717) is 69.0 Å². The van der Waals surface area contributed by atoms with E-state index in [-0.39, 0.29) is 42.1 Å². The van der Waals surface area contributed by atoms with Gasteiger partial charge in [0.15, 0.2) is 0 Å². The minimum absolute atomic E-state index is 0.0822. The third-order valence-corrected chi connectivity index (χ3v) is 11.9. The van der Waals surface area contributed by atoms with Crippen molar-refractivity contribution in [2.24, 2.45) is 11.8 Å². The van der Waals surface area contributed by atoms with Crippen molar-refractivity contribution in [1.29, 1.82) is 10.5 Å². The van der Waals surface area contributed by atoms with Gasteiger partial charge in [0.2, 0.25) is 0 Å². The summed E-state index contributed by atoms with van der Waals surface area (Å²) in [5.74, 6) is -1.30. The quantitative estimate of drug-likeness (QED) is 0.119. The van der Waals surface area contributed by atoms with E-state index in [9.17, 15) is 24.3 Å². The third kappa shape index (κ3) is 11.3. The number of likely N-dealkylation sites (tertiary alicyclic amines) is 2. The van der Waals surface area contributed by atoms with E-state index in [1.54, 1.807) is 58.3 Å². The molecule has 0 aliphatic carbocycles. The standard InChI is InChI=1S/2C24H25N3O4/c25-14-18-6-8-21(9-7-18)27-16-22(31-24(27)29)15-26-12-10-20(11-13-26)23(28)30-17-19-4-2-1-3-5-19;25-14-18-6-8-20(9-7-18)27-16-22(31-24(27)30)15-26-11-10-19(23(28)29)13-21(26)12-17-4-2-1-3-5-17/h1-9,20,22H,10-13,15-17H2;1-9,19,21-22H,10-13,15-16H2,(H,28,29)/t22-;19?,21?,22-/m10/s1. The van der Waals surface area contributed by atoms with E-state index >= 15 is 0 Å². The number of nitriles is 2. The van der Waals surface area contributed by atoms with Crippen molar-refractivity contribution in [3.05, 3.63) is 131 Å². The number of carboxylic acids is 1. The van der Waals surface area contributed by atoms with Gasteiger partial charge in [-0.25, -0.2) is 9.59 Å². The fourth-order valence-corrected chi connectivity index (χ4v) is 8.50. The second-order valence-electron chi connectivity index (χ2n) is 16.1. The van der Waals surface area contributed by atoms with E-state index in [1.807, 2.05) is 48.5 Å². The van der Waals surface area contributed by atoms with Gasteiger partial charge in [-0.05, 0) is 111 Å². The fraction of sp³-hybridized carbons (Fsp3) is 0.375. The summed E-state index contributed by atoms with van der Waals surface area (Å²) in [6, 6.07) is 37.8. The molecule has 0 saturated carbocycles. The summed E-state index contributed by atoms with van der Waals surface area (Å²) in [7, 11) is 0. The number of anilines is 2. The summed E-state index contributed by atoms with van der Waals surface area (Å²) in [6.07, 6.45) is 2.17. The van der Waals surface area contributed by atoms with E-state index in [0.717, 1.165) is 43.6 Å². The Morgan fingerprint density at radius 1 is 0.661 bits per heavy atom. The summed E-state index contributed by atoms with van der Waals surface area (Å²) in [5, 5.41) is 27.4. The number of cyclic esters (lactones) is 2. The number of ether oxygens (including phenoxy) is 3. The van der Waals surface area contributed by atoms with Crippen LogP contribution in [0.2, 0.25) is 0 Å². The molecule has 14 heteroatoms. The maximum absolute atomic E-state index is 12.4. The number of esters is 1. The highest BCUT2D eigenvalue weighted by atomic mass is 16.6. The highest BCUT2D eigenvalue weighted by molar-refractivity contribution is 5.90. The van der Waals surface area contributed by atoms with Gasteiger partial charge in [0.05, 0.1) is 48.2 Å². The second kappa shape index (κ2) is 20.7. The van der Waals surface area contributed by atoms with Crippen LogP contribution in [0.3, 0.4) is 0 Å². The highest BCUT2D eigenvalue weighted by Crippen LogP contribution is 2.29. The highest BCUT2D eigenvalue weighted by Gasteiger charge is 2.39. The summed E-state index contributed by atoms with van der Waals surface area (Å²) in [6.45, 7) is 4.65. The first-order chi connectivity index (χ1) is 30.1. The number of piperidine rings is 2. The number of amides is 2. The van der Waals surface area contributed by atoms with Crippen molar-refractivity contribution in [3.8, 4) is 12.1 Å². The minimum Gasteiger partial charge on any atom is -0.481 e. The van der Waals surface area contributed by atoms with Crippen molar-refractivity contribution >= 4 is 35.5 Å². The predicted molar refractivity (Wildman–Crippen MR) is 229 cm³/mol. The van der Waals surface area contributed by atoms with Crippen LogP contribution in [0.25, 0.3) is 0 Å². The number of aliphatic carboxylic acids is 1. The molecule has 2 amide bonds. The lowest BCUT2D eigenvalue weighted by atomic mass is 9.87. The molecule has 4 aliphatic heterocycles. The lowest BCUT2D eigenvalue weighted by Gasteiger charge is -2.39. The second-order valence-corrected chi connectivity index (χ2v) is 16.1. The molecule has 8 rings (SSSR count). The first-order valence-electron chi connectivity index (χ1n) is 21.1. The molecule has 4 heterocycles. The number of nitrogens with zero attached hydrogens (tertiary/aromatic N) is 6. The van der Waals surface area contributed by atoms with Gasteiger partial charge in [-0.3, -0.25) is 29.2 Å². The molecule has 4 aliphatic rings. The van der Waals surface area contributed by atoms with Crippen molar-refractivity contribution < 1.29 is 38.5 Å². The predicted octanol–water partition coefficient (Wildman–Crippen LogP) is 6.63. The normalized spacial score (nSPS) is 21.8. The molecule has 4 saturated heterocycles. The number of benzene rings is 4. The molecule has 0 spiro atoms. The lowest BCUT2D eigenvalue weighted by molar-refractivity contribution is -0.151. The van der Waals surface area contributed by atoms with E-state index in [4.69, 9.17) is 24.7 Å². The van der Waals surface area contributed by atoms with E-state index < -0.39 is 12.1 Å². The Morgan fingerprint density at radius 2 is 1.16 bits per heavy atom. The SMILES string of the molecule is N#Cc1ccc(N2C[C@@H](CN3CCC(C(=O)OCc4ccccc4)CC3)OC2=O)cc1.N#Cc1ccc(N2C[C@H](CN3CCC(C(=O)O)CC3Cc3ccccc3)OC2=O)cc1. The fourth-order valence-electron chi connectivity index (χ4n) is 8.50. The van der Waals surface area contributed by atoms with Crippen LogP contribution in [0.5, 0.6) is 0 Å². The van der Waals surface area contributed by atoms with Crippen molar-refractivity contribution in [2.75, 3.05) is 55.6 Å². The van der Waals surface area contributed by atoms with Gasteiger partial charge in [0.1, 0.15) is 18.8 Å². The zero-order valence-corrected chi connectivity index (χ0v) is 34.5. The van der Waals surface area contributed by atoms with Gasteiger partial charge in [-0.2, -0.15) is 10.5 Å². The average Bonchev–Trinajstić information content (AvgIpc) is 3.87. The van der Waals surface area contributed by atoms with E-state index in [2.05, 4.69) is 34.1 Å². The molecule has 320 valence electrons. The van der Waals surface area contributed by atoms with Crippen LogP contribution in [0, 0.1) is 34.5 Å². The topological polar surface area (TPSA) is 177 Å². The Balaban J connectivity index is 0.000000186. The summed E-state index contributed by atoms with van der Waals surface area (Å²) in [5.41, 5.74) is 4.69. The maximum atomic E-state index is 12.4. The average molecular weight is 839 g/mol. The Kier molecular flexibility index (Phi) is 14.5. The summed E-state index contributed by atoms with van der Waals surface area (Å²) in [4.78, 5) is 56.3. The minimum atomic E-state index is -0.739. The van der Waals surface area contributed by atoms with Crippen LogP contribution < -0.4 is 9.80 Å². The van der Waals surface area contributed by atoms with Crippen LogP contribution in [0.4, 0.5) is 21.0 Å². The molecule has 14 nitrogen and oxygen atoms in total. The molecular formula is C48H50N6O8. The first kappa shape index (κ1) is 43.4. The largest absolute Gasteiger partial charge is 0.481 e. The van der Waals surface area contributed by atoms with Crippen LogP contribution in [-0.2, 0) is 36.8 Å². The molecule has 0 bridgehead atoms. The van der Waals surface area contributed by atoms with E-state index in [1.165, 1.54) is 5.56 Å². The summed E-state index contributed by atoms with van der Waals surface area (Å²) >= 11 is 0. The number of carbonyl (C=O) groups excluding carboxylic acids is 3. The van der Waals surface area contributed by atoms with Gasteiger partial charge in [0, 0.05) is 30.5 Å². The van der Waals surface area contributed by atoms with Crippen LogP contribution >= 0.6 is 0 Å². The molecule has 0 radical (unpaired) electrons. The van der Waals surface area contributed by atoms with Crippen molar-refractivity contribution in [1.82, 2.24) is 9.80 Å². The molecular weight excluding hydrogens is 789 g/mol. The molecule has 4 aromatic carbocycles. The smallest absolute Gasteiger partial charge is 0.414 e. The third-order valence-electron chi connectivity index (χ3n) is 11.9. The van der Waals surface area contributed by atoms with Gasteiger partial charge >= 0.3 is 24.1 Å². The summed E-state index contributed by atoms with van der Waals surface area (Å²) < 4.78 is 16.6. The monoisotopic (exact) mass is 838 g/mol. The number of rotatable bonds is 12. The molecule has 62 heavy (non-hydrogen) atoms. The van der Waals surface area contributed by atoms with Gasteiger partial charge in [-0.1, -0.05) is 60.7 Å². The van der Waals surface area contributed by atoms with Crippen molar-refractivity contribution in [3.63, 3.8) is 0 Å². The maximum Gasteiger partial charge on any atom is 0.414 e. The Morgan fingerprint density at radius 3 is 1.68 bits per heavy atom. The Hall–Kier alpha value is -6.74. The number of carbonyl (C=O) groups is 4. The molecule has 4 atom stereocenters. The van der Waals surface area contributed by atoms with Gasteiger partial charge in [0.25, 0.3) is 0 Å².